The molecule has 3 aromatic rings. The summed E-state index contributed by atoms with van der Waals surface area (Å²) in [6.07, 6.45) is 5.89. The van der Waals surface area contributed by atoms with Crippen LogP contribution in [0.1, 0.15) is 15.9 Å². The molecule has 1 atom stereocenters. The van der Waals surface area contributed by atoms with Gasteiger partial charge in [0, 0.05) is 24.2 Å². The number of carbonyl (C=O) groups is 1. The van der Waals surface area contributed by atoms with E-state index in [4.69, 9.17) is 0 Å². The van der Waals surface area contributed by atoms with Crippen LogP contribution in [0.4, 0.5) is 0 Å². The molecule has 5 nitrogen and oxygen atoms in total. The average molecular weight is 295 g/mol. The Morgan fingerprint density at radius 2 is 2.05 bits per heavy atom. The highest BCUT2D eigenvalue weighted by Gasteiger charge is 2.14. The average Bonchev–Trinajstić information content (AvgIpc) is 3.02. The molecule has 5 heteroatoms. The Balaban J connectivity index is 1.71. The van der Waals surface area contributed by atoms with Gasteiger partial charge in [0.15, 0.2) is 0 Å². The van der Waals surface area contributed by atoms with Gasteiger partial charge in [-0.3, -0.25) is 4.79 Å². The summed E-state index contributed by atoms with van der Waals surface area (Å²) < 4.78 is 1.84. The Morgan fingerprint density at radius 1 is 1.23 bits per heavy atom. The molecule has 0 aliphatic carbocycles. The second-order valence-corrected chi connectivity index (χ2v) is 5.15. The van der Waals surface area contributed by atoms with Crippen LogP contribution in [0.25, 0.3) is 5.65 Å². The number of hydrogen-bond donors (Lipinski definition) is 2. The van der Waals surface area contributed by atoms with Crippen LogP contribution < -0.4 is 5.32 Å². The van der Waals surface area contributed by atoms with Gasteiger partial charge in [-0.25, -0.2) is 4.98 Å². The number of aliphatic hydroxyl groups is 1. The molecule has 0 saturated carbocycles. The normalized spacial score (nSPS) is 12.2. The Bertz CT molecular complexity index is 768. The van der Waals surface area contributed by atoms with Crippen molar-refractivity contribution in [3.8, 4) is 0 Å². The van der Waals surface area contributed by atoms with Crippen molar-refractivity contribution >= 4 is 11.6 Å². The first kappa shape index (κ1) is 14.3. The maximum absolute atomic E-state index is 12.3. The zero-order valence-corrected chi connectivity index (χ0v) is 12.0. The molecule has 1 amide bonds. The number of nitrogens with zero attached hydrogens (tertiary/aromatic N) is 2. The molecule has 0 radical (unpaired) electrons. The van der Waals surface area contributed by atoms with E-state index in [1.54, 1.807) is 24.5 Å². The lowest BCUT2D eigenvalue weighted by atomic mass is 10.1. The summed E-state index contributed by atoms with van der Waals surface area (Å²) in [6, 6.07) is 12.9. The third-order valence-corrected chi connectivity index (χ3v) is 3.54. The van der Waals surface area contributed by atoms with Gasteiger partial charge in [0.2, 0.25) is 0 Å². The second kappa shape index (κ2) is 6.41. The summed E-state index contributed by atoms with van der Waals surface area (Å²) in [5, 5.41) is 12.4. The van der Waals surface area contributed by atoms with Crippen LogP contribution in [0.2, 0.25) is 0 Å². The van der Waals surface area contributed by atoms with Gasteiger partial charge in [0.05, 0.1) is 12.6 Å². The molecule has 0 bridgehead atoms. The van der Waals surface area contributed by atoms with E-state index in [1.807, 2.05) is 40.9 Å². The van der Waals surface area contributed by atoms with Gasteiger partial charge in [-0.05, 0) is 24.1 Å². The minimum absolute atomic E-state index is 0.105. The molecule has 0 saturated heterocycles. The number of nitrogens with one attached hydrogen (secondary N) is 1. The minimum atomic E-state index is -0.314. The molecular weight excluding hydrogens is 278 g/mol. The quantitative estimate of drug-likeness (QED) is 0.752. The third-order valence-electron chi connectivity index (χ3n) is 3.54. The van der Waals surface area contributed by atoms with E-state index in [1.165, 1.54) is 0 Å². The van der Waals surface area contributed by atoms with Crippen LogP contribution in [-0.2, 0) is 6.42 Å². The number of carbonyl (C=O) groups excluding carboxylic acids is 1. The molecule has 22 heavy (non-hydrogen) atoms. The number of aromatic nitrogens is 2. The lowest BCUT2D eigenvalue weighted by Gasteiger charge is -2.16. The summed E-state index contributed by atoms with van der Waals surface area (Å²) in [5.41, 5.74) is 2.33. The van der Waals surface area contributed by atoms with Crippen molar-refractivity contribution < 1.29 is 9.90 Å². The highest BCUT2D eigenvalue weighted by Crippen LogP contribution is 2.07. The van der Waals surface area contributed by atoms with E-state index in [0.29, 0.717) is 12.0 Å². The number of imidazole rings is 1. The molecule has 3 rings (SSSR count). The van der Waals surface area contributed by atoms with Crippen molar-refractivity contribution in [2.45, 2.75) is 12.5 Å². The van der Waals surface area contributed by atoms with Crippen LogP contribution >= 0.6 is 0 Å². The van der Waals surface area contributed by atoms with Gasteiger partial charge < -0.3 is 14.8 Å². The second-order valence-electron chi connectivity index (χ2n) is 5.15. The lowest BCUT2D eigenvalue weighted by Crippen LogP contribution is -2.39. The molecule has 1 aromatic carbocycles. The highest BCUT2D eigenvalue weighted by molar-refractivity contribution is 5.95. The number of benzene rings is 1. The van der Waals surface area contributed by atoms with Gasteiger partial charge in [0.25, 0.3) is 5.91 Å². The van der Waals surface area contributed by atoms with Crippen LogP contribution in [0, 0.1) is 0 Å². The summed E-state index contributed by atoms with van der Waals surface area (Å²) in [5.74, 6) is -0.208. The smallest absolute Gasteiger partial charge is 0.251 e. The monoisotopic (exact) mass is 295 g/mol. The highest BCUT2D eigenvalue weighted by atomic mass is 16.3. The van der Waals surface area contributed by atoms with Crippen molar-refractivity contribution in [1.29, 1.82) is 0 Å². The van der Waals surface area contributed by atoms with Crippen molar-refractivity contribution in [2.24, 2.45) is 0 Å². The van der Waals surface area contributed by atoms with Crippen molar-refractivity contribution in [3.63, 3.8) is 0 Å². The van der Waals surface area contributed by atoms with E-state index >= 15 is 0 Å². The van der Waals surface area contributed by atoms with Gasteiger partial charge in [0.1, 0.15) is 5.65 Å². The fourth-order valence-electron chi connectivity index (χ4n) is 2.38. The molecule has 0 fully saturated rings. The van der Waals surface area contributed by atoms with Crippen LogP contribution in [0.5, 0.6) is 0 Å². The molecule has 0 aliphatic heterocycles. The van der Waals surface area contributed by atoms with E-state index in [9.17, 15) is 9.90 Å². The largest absolute Gasteiger partial charge is 0.394 e. The zero-order chi connectivity index (χ0) is 15.4. The summed E-state index contributed by atoms with van der Waals surface area (Å²) in [6.45, 7) is -0.105. The maximum atomic E-state index is 12.3. The van der Waals surface area contributed by atoms with Crippen molar-refractivity contribution in [1.82, 2.24) is 14.7 Å². The van der Waals surface area contributed by atoms with Gasteiger partial charge in [-0.15, -0.1) is 0 Å². The molecule has 2 N–H and O–H groups in total. The maximum Gasteiger partial charge on any atom is 0.251 e. The third kappa shape index (κ3) is 3.15. The van der Waals surface area contributed by atoms with Crippen molar-refractivity contribution in [2.75, 3.05) is 6.61 Å². The van der Waals surface area contributed by atoms with E-state index in [0.717, 1.165) is 11.2 Å². The Hall–Kier alpha value is -2.66. The Kier molecular flexibility index (Phi) is 4.16. The van der Waals surface area contributed by atoms with Crippen LogP contribution in [-0.4, -0.2) is 33.0 Å². The molecule has 0 aliphatic rings. The molecule has 112 valence electrons. The van der Waals surface area contributed by atoms with Gasteiger partial charge >= 0.3 is 0 Å². The zero-order valence-electron chi connectivity index (χ0n) is 12.0. The summed E-state index contributed by atoms with van der Waals surface area (Å²) in [7, 11) is 0. The number of amides is 1. The summed E-state index contributed by atoms with van der Waals surface area (Å²) >= 11 is 0. The van der Waals surface area contributed by atoms with E-state index < -0.39 is 0 Å². The first-order valence-corrected chi connectivity index (χ1v) is 7.14. The lowest BCUT2D eigenvalue weighted by molar-refractivity contribution is 0.0916. The van der Waals surface area contributed by atoms with E-state index in [2.05, 4.69) is 10.3 Å². The molecule has 2 aromatic heterocycles. The van der Waals surface area contributed by atoms with Crippen molar-refractivity contribution in [3.05, 3.63) is 72.2 Å². The molecule has 0 spiro atoms. The number of fused-ring (bicyclic) bond motifs is 1. The predicted octanol–water partition coefficient (Wildman–Crippen LogP) is 1.67. The molecule has 2 heterocycles. The minimum Gasteiger partial charge on any atom is -0.394 e. The van der Waals surface area contributed by atoms with Gasteiger partial charge in [-0.2, -0.15) is 0 Å². The Labute approximate surface area is 128 Å². The number of rotatable bonds is 5. The first-order chi connectivity index (χ1) is 10.8. The number of aliphatic hydroxyl groups excluding tert-OH is 1. The first-order valence-electron chi connectivity index (χ1n) is 7.14. The predicted molar refractivity (Wildman–Crippen MR) is 83.7 cm³/mol. The molecular formula is C17H17N3O2. The number of hydrogen-bond acceptors (Lipinski definition) is 3. The standard InChI is InChI=1S/C17H17N3O2/c21-12-15(10-13-4-2-1-3-5-13)19-17(22)14-6-8-20-9-7-18-16(20)11-14/h1-9,11,15,21H,10,12H2,(H,19,22)/t15-/m0/s1. The van der Waals surface area contributed by atoms with E-state index in [-0.39, 0.29) is 18.6 Å². The fraction of sp³-hybridized carbons (Fsp3) is 0.176. The number of pyridine rings is 1. The SMILES string of the molecule is O=C(N[C@H](CO)Cc1ccccc1)c1ccn2ccnc2c1. The topological polar surface area (TPSA) is 66.6 Å². The Morgan fingerprint density at radius 3 is 2.82 bits per heavy atom. The van der Waals surface area contributed by atoms with Crippen LogP contribution in [0.15, 0.2) is 61.1 Å². The summed E-state index contributed by atoms with van der Waals surface area (Å²) in [4.78, 5) is 16.5. The molecule has 0 unspecified atom stereocenters. The van der Waals surface area contributed by atoms with Crippen LogP contribution in [0.3, 0.4) is 0 Å². The fourth-order valence-corrected chi connectivity index (χ4v) is 2.38. The van der Waals surface area contributed by atoms with Gasteiger partial charge in [-0.1, -0.05) is 30.3 Å².